The van der Waals surface area contributed by atoms with Gasteiger partial charge in [-0.25, -0.2) is 4.98 Å². The third-order valence-corrected chi connectivity index (χ3v) is 10.3. The van der Waals surface area contributed by atoms with E-state index in [1.54, 1.807) is 0 Å². The molecule has 9 aromatic carbocycles. The molecular weight excluding hydrogens is 605 g/mol. The van der Waals surface area contributed by atoms with E-state index in [0.29, 0.717) is 0 Å². The van der Waals surface area contributed by atoms with Crippen molar-refractivity contribution < 1.29 is 0 Å². The van der Waals surface area contributed by atoms with Crippen LogP contribution in [0.2, 0.25) is 0 Å². The Labute approximate surface area is 290 Å². The molecular formula is C48H32N2. The SMILES string of the molecule is Cc1nc2cc(-c3ccc4c(-c5ccc6ccccc6c5)c5ccccc5c(-c5ccc6ccccc6c5)c4c3)ccc2n1-c1ccccc1. The molecule has 2 nitrogen and oxygen atoms in total. The lowest BCUT2D eigenvalue weighted by molar-refractivity contribution is 1.00. The summed E-state index contributed by atoms with van der Waals surface area (Å²) in [6.45, 7) is 2.08. The Morgan fingerprint density at radius 3 is 1.54 bits per heavy atom. The summed E-state index contributed by atoms with van der Waals surface area (Å²) in [5.74, 6) is 0.979. The fourth-order valence-corrected chi connectivity index (χ4v) is 7.95. The number of hydrogen-bond donors (Lipinski definition) is 0. The molecule has 0 unspecified atom stereocenters. The highest BCUT2D eigenvalue weighted by atomic mass is 15.1. The zero-order chi connectivity index (χ0) is 33.2. The molecule has 50 heavy (non-hydrogen) atoms. The van der Waals surface area contributed by atoms with Crippen molar-refractivity contribution in [3.63, 3.8) is 0 Å². The Bertz CT molecular complexity index is 2930. The molecule has 10 aromatic rings. The molecule has 0 atom stereocenters. The van der Waals surface area contributed by atoms with Crippen molar-refractivity contribution in [2.24, 2.45) is 0 Å². The van der Waals surface area contributed by atoms with E-state index < -0.39 is 0 Å². The topological polar surface area (TPSA) is 17.8 Å². The highest BCUT2D eigenvalue weighted by Crippen LogP contribution is 2.46. The summed E-state index contributed by atoms with van der Waals surface area (Å²) in [6, 6.07) is 64.2. The van der Waals surface area contributed by atoms with Gasteiger partial charge >= 0.3 is 0 Å². The Morgan fingerprint density at radius 2 is 0.880 bits per heavy atom. The zero-order valence-electron chi connectivity index (χ0n) is 27.6. The number of imidazole rings is 1. The summed E-state index contributed by atoms with van der Waals surface area (Å²) in [5.41, 5.74) is 10.5. The second-order valence-corrected chi connectivity index (χ2v) is 13.2. The average molecular weight is 637 g/mol. The van der Waals surface area contributed by atoms with Crippen LogP contribution in [-0.2, 0) is 0 Å². The Balaban J connectivity index is 1.25. The monoisotopic (exact) mass is 636 g/mol. The summed E-state index contributed by atoms with van der Waals surface area (Å²) in [7, 11) is 0. The number of hydrogen-bond acceptors (Lipinski definition) is 1. The summed E-state index contributed by atoms with van der Waals surface area (Å²) >= 11 is 0. The summed E-state index contributed by atoms with van der Waals surface area (Å²) in [5, 5.41) is 9.99. The van der Waals surface area contributed by atoms with Crippen molar-refractivity contribution in [2.45, 2.75) is 6.92 Å². The van der Waals surface area contributed by atoms with E-state index in [2.05, 4.69) is 187 Å². The normalized spacial score (nSPS) is 11.7. The standard InChI is InChI=1S/C48H32N2/c1-31-49-45-30-37(24-26-46(45)50(31)40-15-3-2-4-16-40)36-23-25-43-44(29-36)48(39-22-20-33-12-6-8-14-35(33)28-39)42-18-10-9-17-41(42)47(43)38-21-19-32-11-5-7-13-34(32)27-38/h2-30H,1H3. The lowest BCUT2D eigenvalue weighted by Gasteiger charge is -2.19. The zero-order valence-corrected chi connectivity index (χ0v) is 27.6. The molecule has 0 spiro atoms. The van der Waals surface area contributed by atoms with E-state index in [1.165, 1.54) is 70.9 Å². The third-order valence-electron chi connectivity index (χ3n) is 10.3. The van der Waals surface area contributed by atoms with Crippen molar-refractivity contribution in [2.75, 3.05) is 0 Å². The van der Waals surface area contributed by atoms with Crippen LogP contribution in [0.25, 0.3) is 93.2 Å². The first-order chi connectivity index (χ1) is 24.7. The minimum atomic E-state index is 0.979. The number of fused-ring (bicyclic) bond motifs is 5. The number of rotatable bonds is 4. The minimum absolute atomic E-state index is 0.979. The number of aromatic nitrogens is 2. The molecule has 1 heterocycles. The van der Waals surface area contributed by atoms with E-state index >= 15 is 0 Å². The lowest BCUT2D eigenvalue weighted by atomic mass is 9.84. The van der Waals surface area contributed by atoms with Crippen LogP contribution >= 0.6 is 0 Å². The maximum absolute atomic E-state index is 5.01. The summed E-state index contributed by atoms with van der Waals surface area (Å²) in [4.78, 5) is 5.01. The molecule has 0 saturated carbocycles. The largest absolute Gasteiger partial charge is 0.297 e. The van der Waals surface area contributed by atoms with Gasteiger partial charge in [-0.15, -0.1) is 0 Å². The van der Waals surface area contributed by atoms with Crippen molar-refractivity contribution in [1.29, 1.82) is 0 Å². The number of nitrogens with zero attached hydrogens (tertiary/aromatic N) is 2. The molecule has 0 N–H and O–H groups in total. The second-order valence-electron chi connectivity index (χ2n) is 13.2. The van der Waals surface area contributed by atoms with Crippen LogP contribution in [0.15, 0.2) is 176 Å². The van der Waals surface area contributed by atoms with Crippen LogP contribution in [-0.4, -0.2) is 9.55 Å². The first kappa shape index (κ1) is 28.5. The van der Waals surface area contributed by atoms with Crippen LogP contribution < -0.4 is 0 Å². The van der Waals surface area contributed by atoms with Crippen molar-refractivity contribution in [3.8, 4) is 39.1 Å². The highest BCUT2D eigenvalue weighted by molar-refractivity contribution is 6.22. The molecule has 0 radical (unpaired) electrons. The van der Waals surface area contributed by atoms with Crippen LogP contribution in [0.5, 0.6) is 0 Å². The smallest absolute Gasteiger partial charge is 0.111 e. The fourth-order valence-electron chi connectivity index (χ4n) is 7.95. The van der Waals surface area contributed by atoms with Gasteiger partial charge in [-0.3, -0.25) is 4.57 Å². The summed E-state index contributed by atoms with van der Waals surface area (Å²) in [6.07, 6.45) is 0. The molecule has 0 bridgehead atoms. The second kappa shape index (κ2) is 11.3. The predicted molar refractivity (Wildman–Crippen MR) is 212 cm³/mol. The molecule has 0 aliphatic rings. The Hall–Kier alpha value is -6.51. The predicted octanol–water partition coefficient (Wildman–Crippen LogP) is 12.9. The molecule has 0 amide bonds. The maximum Gasteiger partial charge on any atom is 0.111 e. The van der Waals surface area contributed by atoms with Crippen molar-refractivity contribution >= 4 is 54.1 Å². The van der Waals surface area contributed by atoms with Gasteiger partial charge in [0.1, 0.15) is 5.82 Å². The van der Waals surface area contributed by atoms with E-state index in [0.717, 1.165) is 28.1 Å². The van der Waals surface area contributed by atoms with Crippen molar-refractivity contribution in [3.05, 3.63) is 182 Å². The van der Waals surface area contributed by atoms with Gasteiger partial charge in [-0.2, -0.15) is 0 Å². The molecule has 1 aromatic heterocycles. The van der Waals surface area contributed by atoms with E-state index in [9.17, 15) is 0 Å². The van der Waals surface area contributed by atoms with Crippen LogP contribution in [0, 0.1) is 6.92 Å². The maximum atomic E-state index is 5.01. The van der Waals surface area contributed by atoms with E-state index in [4.69, 9.17) is 4.98 Å². The quantitative estimate of drug-likeness (QED) is 0.176. The third kappa shape index (κ3) is 4.53. The first-order valence-corrected chi connectivity index (χ1v) is 17.2. The van der Waals surface area contributed by atoms with Crippen LogP contribution in [0.1, 0.15) is 5.82 Å². The number of benzene rings is 9. The molecule has 0 fully saturated rings. The van der Waals surface area contributed by atoms with Crippen molar-refractivity contribution in [1.82, 2.24) is 9.55 Å². The van der Waals surface area contributed by atoms with Gasteiger partial charge in [0.2, 0.25) is 0 Å². The number of aryl methyl sites for hydroxylation is 1. The molecule has 234 valence electrons. The van der Waals surface area contributed by atoms with E-state index in [1.807, 2.05) is 0 Å². The molecule has 0 aliphatic carbocycles. The fraction of sp³-hybridized carbons (Fsp3) is 0.0208. The average Bonchev–Trinajstić information content (AvgIpc) is 3.51. The van der Waals surface area contributed by atoms with Crippen LogP contribution in [0.3, 0.4) is 0 Å². The summed E-state index contributed by atoms with van der Waals surface area (Å²) < 4.78 is 2.24. The van der Waals surface area contributed by atoms with Crippen LogP contribution in [0.4, 0.5) is 0 Å². The molecule has 0 aliphatic heterocycles. The molecule has 10 rings (SSSR count). The van der Waals surface area contributed by atoms with E-state index in [-0.39, 0.29) is 0 Å². The van der Waals surface area contributed by atoms with Gasteiger partial charge in [-0.05, 0) is 126 Å². The van der Waals surface area contributed by atoms with Gasteiger partial charge in [0.25, 0.3) is 0 Å². The van der Waals surface area contributed by atoms with Gasteiger partial charge in [0.05, 0.1) is 11.0 Å². The Kier molecular flexibility index (Phi) is 6.43. The van der Waals surface area contributed by atoms with Gasteiger partial charge in [0.15, 0.2) is 0 Å². The minimum Gasteiger partial charge on any atom is -0.297 e. The van der Waals surface area contributed by atoms with Gasteiger partial charge < -0.3 is 0 Å². The number of para-hydroxylation sites is 1. The van der Waals surface area contributed by atoms with Gasteiger partial charge in [-0.1, -0.05) is 133 Å². The molecule has 2 heteroatoms. The first-order valence-electron chi connectivity index (χ1n) is 17.2. The molecule has 0 saturated heterocycles. The van der Waals surface area contributed by atoms with Gasteiger partial charge in [0, 0.05) is 5.69 Å². The highest BCUT2D eigenvalue weighted by Gasteiger charge is 2.19. The lowest BCUT2D eigenvalue weighted by Crippen LogP contribution is -1.96. The Morgan fingerprint density at radius 1 is 0.380 bits per heavy atom.